The highest BCUT2D eigenvalue weighted by Crippen LogP contribution is 2.24. The molecule has 140 valence electrons. The largest absolute Gasteiger partial charge is 0.497 e. The van der Waals surface area contributed by atoms with Gasteiger partial charge in [-0.2, -0.15) is 4.98 Å². The second kappa shape index (κ2) is 9.54. The summed E-state index contributed by atoms with van der Waals surface area (Å²) in [5, 5.41) is 6.61. The average molecular weight is 364 g/mol. The van der Waals surface area contributed by atoms with Crippen molar-refractivity contribution in [3.05, 3.63) is 60.7 Å². The van der Waals surface area contributed by atoms with E-state index in [0.29, 0.717) is 12.6 Å². The summed E-state index contributed by atoms with van der Waals surface area (Å²) in [5.74, 6) is 2.12. The topological polar surface area (TPSA) is 68.3 Å². The Morgan fingerprint density at radius 2 is 1.70 bits per heavy atom. The van der Waals surface area contributed by atoms with E-state index in [2.05, 4.69) is 20.6 Å². The molecule has 27 heavy (non-hydrogen) atoms. The standard InChI is InChI=1S/C21H24N4O2/c1-26-14-6-13-22-20-15-19(16-7-4-3-5-8-16)24-21(25-20)23-17-9-11-18(27-2)12-10-17/h3-5,7-12,15H,6,13-14H2,1-2H3,(H2,22,23,24,25). The molecule has 0 fully saturated rings. The minimum absolute atomic E-state index is 0.538. The van der Waals surface area contributed by atoms with Crippen LogP contribution >= 0.6 is 0 Å². The lowest BCUT2D eigenvalue weighted by atomic mass is 10.1. The lowest BCUT2D eigenvalue weighted by Crippen LogP contribution is -2.08. The van der Waals surface area contributed by atoms with Gasteiger partial charge in [-0.3, -0.25) is 0 Å². The van der Waals surface area contributed by atoms with Crippen molar-refractivity contribution < 1.29 is 9.47 Å². The van der Waals surface area contributed by atoms with Gasteiger partial charge in [0.2, 0.25) is 5.95 Å². The number of aromatic nitrogens is 2. The Kier molecular flexibility index (Phi) is 6.60. The number of benzene rings is 2. The first kappa shape index (κ1) is 18.7. The molecule has 0 unspecified atom stereocenters. The molecule has 3 rings (SSSR count). The summed E-state index contributed by atoms with van der Waals surface area (Å²) in [6.45, 7) is 1.49. The van der Waals surface area contributed by atoms with Gasteiger partial charge in [-0.15, -0.1) is 0 Å². The van der Waals surface area contributed by atoms with Gasteiger partial charge in [0.25, 0.3) is 0 Å². The average Bonchev–Trinajstić information content (AvgIpc) is 2.72. The Balaban J connectivity index is 1.84. The van der Waals surface area contributed by atoms with Gasteiger partial charge in [0.05, 0.1) is 12.8 Å². The first-order valence-corrected chi connectivity index (χ1v) is 8.87. The predicted octanol–water partition coefficient (Wildman–Crippen LogP) is 4.34. The normalized spacial score (nSPS) is 10.4. The number of nitrogens with zero attached hydrogens (tertiary/aromatic N) is 2. The minimum atomic E-state index is 0.538. The zero-order chi connectivity index (χ0) is 18.9. The number of ether oxygens (including phenoxy) is 2. The van der Waals surface area contributed by atoms with E-state index in [-0.39, 0.29) is 0 Å². The number of hydrogen-bond acceptors (Lipinski definition) is 6. The molecule has 0 amide bonds. The van der Waals surface area contributed by atoms with Crippen LogP contribution in [0.1, 0.15) is 6.42 Å². The van der Waals surface area contributed by atoms with Crippen LogP contribution in [-0.4, -0.2) is 37.3 Å². The SMILES string of the molecule is COCCCNc1cc(-c2ccccc2)nc(Nc2ccc(OC)cc2)n1. The van der Waals surface area contributed by atoms with Gasteiger partial charge in [0, 0.05) is 37.6 Å². The summed E-state index contributed by atoms with van der Waals surface area (Å²) in [4.78, 5) is 9.26. The lowest BCUT2D eigenvalue weighted by molar-refractivity contribution is 0.198. The number of hydrogen-bond donors (Lipinski definition) is 2. The van der Waals surface area contributed by atoms with Crippen LogP contribution in [0.5, 0.6) is 5.75 Å². The molecule has 0 saturated heterocycles. The molecule has 0 saturated carbocycles. The highest BCUT2D eigenvalue weighted by atomic mass is 16.5. The van der Waals surface area contributed by atoms with Crippen LogP contribution in [0.4, 0.5) is 17.5 Å². The van der Waals surface area contributed by atoms with Crippen molar-refractivity contribution in [2.24, 2.45) is 0 Å². The summed E-state index contributed by atoms with van der Waals surface area (Å²) < 4.78 is 10.3. The molecule has 1 heterocycles. The number of nitrogens with one attached hydrogen (secondary N) is 2. The molecule has 3 aromatic rings. The zero-order valence-electron chi connectivity index (χ0n) is 15.6. The number of methoxy groups -OCH3 is 2. The molecule has 2 N–H and O–H groups in total. The maximum Gasteiger partial charge on any atom is 0.229 e. The van der Waals surface area contributed by atoms with E-state index >= 15 is 0 Å². The van der Waals surface area contributed by atoms with E-state index in [1.165, 1.54) is 0 Å². The maximum atomic E-state index is 5.20. The molecule has 6 heteroatoms. The van der Waals surface area contributed by atoms with Crippen molar-refractivity contribution in [1.82, 2.24) is 9.97 Å². The molecule has 0 bridgehead atoms. The van der Waals surface area contributed by atoms with Crippen molar-refractivity contribution in [3.8, 4) is 17.0 Å². The Morgan fingerprint density at radius 3 is 2.41 bits per heavy atom. The first-order chi connectivity index (χ1) is 13.3. The first-order valence-electron chi connectivity index (χ1n) is 8.87. The molecule has 0 atom stereocenters. The van der Waals surface area contributed by atoms with Crippen LogP contribution in [0.25, 0.3) is 11.3 Å². The van der Waals surface area contributed by atoms with E-state index in [0.717, 1.165) is 41.5 Å². The Labute approximate surface area is 159 Å². The third-order valence-electron chi connectivity index (χ3n) is 3.97. The summed E-state index contributed by atoms with van der Waals surface area (Å²) in [5.41, 5.74) is 2.79. The van der Waals surface area contributed by atoms with Crippen LogP contribution in [-0.2, 0) is 4.74 Å². The monoisotopic (exact) mass is 364 g/mol. The zero-order valence-corrected chi connectivity index (χ0v) is 15.6. The number of rotatable bonds is 9. The molecule has 6 nitrogen and oxygen atoms in total. The van der Waals surface area contributed by atoms with Crippen molar-refractivity contribution in [3.63, 3.8) is 0 Å². The summed E-state index contributed by atoms with van der Waals surface area (Å²) in [6.07, 6.45) is 0.905. The van der Waals surface area contributed by atoms with Gasteiger partial charge >= 0.3 is 0 Å². The predicted molar refractivity (Wildman–Crippen MR) is 109 cm³/mol. The molecule has 0 radical (unpaired) electrons. The van der Waals surface area contributed by atoms with Gasteiger partial charge in [-0.1, -0.05) is 30.3 Å². The summed E-state index contributed by atoms with van der Waals surface area (Å²) >= 11 is 0. The fraction of sp³-hybridized carbons (Fsp3) is 0.238. The van der Waals surface area contributed by atoms with Gasteiger partial charge in [-0.05, 0) is 30.7 Å². The second-order valence-corrected chi connectivity index (χ2v) is 5.95. The van der Waals surface area contributed by atoms with E-state index in [4.69, 9.17) is 9.47 Å². The summed E-state index contributed by atoms with van der Waals surface area (Å²) in [6, 6.07) is 19.7. The minimum Gasteiger partial charge on any atom is -0.497 e. The van der Waals surface area contributed by atoms with Gasteiger partial charge in [0.1, 0.15) is 11.6 Å². The molecule has 0 aliphatic carbocycles. The Hall–Kier alpha value is -3.12. The summed E-state index contributed by atoms with van der Waals surface area (Å²) in [7, 11) is 3.35. The highest BCUT2D eigenvalue weighted by molar-refractivity contribution is 5.66. The Bertz CT molecular complexity index is 839. The van der Waals surface area contributed by atoms with Crippen LogP contribution in [0.2, 0.25) is 0 Å². The lowest BCUT2D eigenvalue weighted by Gasteiger charge is -2.12. The molecule has 1 aromatic heterocycles. The van der Waals surface area contributed by atoms with Crippen LogP contribution in [0.3, 0.4) is 0 Å². The van der Waals surface area contributed by atoms with Crippen molar-refractivity contribution in [2.45, 2.75) is 6.42 Å². The Morgan fingerprint density at radius 1 is 0.926 bits per heavy atom. The van der Waals surface area contributed by atoms with E-state index in [1.54, 1.807) is 14.2 Å². The van der Waals surface area contributed by atoms with Crippen LogP contribution in [0, 0.1) is 0 Å². The maximum absolute atomic E-state index is 5.20. The van der Waals surface area contributed by atoms with E-state index < -0.39 is 0 Å². The fourth-order valence-electron chi connectivity index (χ4n) is 2.59. The molecular formula is C21H24N4O2. The third kappa shape index (κ3) is 5.43. The van der Waals surface area contributed by atoms with E-state index in [9.17, 15) is 0 Å². The third-order valence-corrected chi connectivity index (χ3v) is 3.97. The smallest absolute Gasteiger partial charge is 0.229 e. The quantitative estimate of drug-likeness (QED) is 0.550. The van der Waals surface area contributed by atoms with Crippen LogP contribution < -0.4 is 15.4 Å². The van der Waals surface area contributed by atoms with E-state index in [1.807, 2.05) is 60.7 Å². The fourth-order valence-corrected chi connectivity index (χ4v) is 2.59. The van der Waals surface area contributed by atoms with Gasteiger partial charge in [0.15, 0.2) is 0 Å². The molecule has 0 aliphatic rings. The highest BCUT2D eigenvalue weighted by Gasteiger charge is 2.07. The molecular weight excluding hydrogens is 340 g/mol. The van der Waals surface area contributed by atoms with Crippen LogP contribution in [0.15, 0.2) is 60.7 Å². The van der Waals surface area contributed by atoms with Crippen molar-refractivity contribution >= 4 is 17.5 Å². The molecule has 2 aromatic carbocycles. The van der Waals surface area contributed by atoms with Crippen molar-refractivity contribution in [1.29, 1.82) is 0 Å². The number of anilines is 3. The van der Waals surface area contributed by atoms with Crippen molar-refractivity contribution in [2.75, 3.05) is 38.0 Å². The van der Waals surface area contributed by atoms with Gasteiger partial charge < -0.3 is 20.1 Å². The molecule has 0 spiro atoms. The second-order valence-electron chi connectivity index (χ2n) is 5.95. The van der Waals surface area contributed by atoms with Gasteiger partial charge in [-0.25, -0.2) is 4.98 Å². The molecule has 0 aliphatic heterocycles.